The molecule has 0 spiro atoms. The Morgan fingerprint density at radius 3 is 2.55 bits per heavy atom. The van der Waals surface area contributed by atoms with Gasteiger partial charge in [0.1, 0.15) is 4.90 Å². The fraction of sp³-hybridized carbons (Fsp3) is 0.364. The third-order valence-electron chi connectivity index (χ3n) is 2.57. The Hall–Kier alpha value is -0.830. The topological polar surface area (TPSA) is 105 Å². The first-order valence-corrected chi connectivity index (χ1v) is 8.29. The molecule has 9 heteroatoms. The molecule has 6 nitrogen and oxygen atoms in total. The van der Waals surface area contributed by atoms with Crippen LogP contribution >= 0.6 is 27.5 Å². The van der Waals surface area contributed by atoms with Gasteiger partial charge in [0.15, 0.2) is 5.84 Å². The van der Waals surface area contributed by atoms with Gasteiger partial charge in [-0.15, -0.1) is 0 Å². The van der Waals surface area contributed by atoms with Crippen LogP contribution in [0, 0.1) is 5.92 Å². The highest BCUT2D eigenvalue weighted by Gasteiger charge is 2.27. The van der Waals surface area contributed by atoms with E-state index in [0.29, 0.717) is 4.47 Å². The van der Waals surface area contributed by atoms with E-state index in [1.54, 1.807) is 19.9 Å². The Bertz CT molecular complexity index is 619. The van der Waals surface area contributed by atoms with Crippen LogP contribution in [0.2, 0.25) is 5.02 Å². The highest BCUT2D eigenvalue weighted by molar-refractivity contribution is 9.10. The minimum atomic E-state index is -3.88. The van der Waals surface area contributed by atoms with Gasteiger partial charge in [0.2, 0.25) is 10.0 Å². The first kappa shape index (κ1) is 17.2. The highest BCUT2D eigenvalue weighted by Crippen LogP contribution is 2.25. The van der Waals surface area contributed by atoms with Crippen molar-refractivity contribution in [2.45, 2.75) is 24.8 Å². The van der Waals surface area contributed by atoms with Gasteiger partial charge in [-0.1, -0.05) is 46.5 Å². The molecule has 20 heavy (non-hydrogen) atoms. The predicted octanol–water partition coefficient (Wildman–Crippen LogP) is 2.15. The first-order valence-electron chi connectivity index (χ1n) is 5.64. The molecule has 0 heterocycles. The molecule has 0 aliphatic rings. The van der Waals surface area contributed by atoms with E-state index in [0.717, 1.165) is 0 Å². The first-order chi connectivity index (χ1) is 9.19. The second-order valence-electron chi connectivity index (χ2n) is 4.44. The molecule has 0 aliphatic carbocycles. The second-order valence-corrected chi connectivity index (χ2v) is 7.45. The summed E-state index contributed by atoms with van der Waals surface area (Å²) < 4.78 is 27.6. The molecule has 0 aliphatic heterocycles. The molecular weight excluding hydrogens is 370 g/mol. The molecule has 1 aromatic carbocycles. The lowest BCUT2D eigenvalue weighted by Gasteiger charge is -2.21. The molecule has 0 amide bonds. The maximum absolute atomic E-state index is 12.3. The summed E-state index contributed by atoms with van der Waals surface area (Å²) >= 11 is 9.13. The number of halogens is 2. The number of amidine groups is 1. The normalized spacial score (nSPS) is 14.6. The average Bonchev–Trinajstić information content (AvgIpc) is 2.34. The van der Waals surface area contributed by atoms with E-state index in [1.165, 1.54) is 12.1 Å². The summed E-state index contributed by atoms with van der Waals surface area (Å²) in [6, 6.07) is 3.58. The van der Waals surface area contributed by atoms with Gasteiger partial charge in [-0.05, 0) is 24.1 Å². The van der Waals surface area contributed by atoms with E-state index in [4.69, 9.17) is 22.5 Å². The van der Waals surface area contributed by atoms with Crippen LogP contribution in [0.25, 0.3) is 0 Å². The van der Waals surface area contributed by atoms with E-state index in [1.807, 2.05) is 0 Å². The number of oxime groups is 1. The molecule has 1 unspecified atom stereocenters. The summed E-state index contributed by atoms with van der Waals surface area (Å²) in [5, 5.41) is 11.6. The van der Waals surface area contributed by atoms with Gasteiger partial charge >= 0.3 is 0 Å². The van der Waals surface area contributed by atoms with Crippen molar-refractivity contribution in [1.29, 1.82) is 0 Å². The predicted molar refractivity (Wildman–Crippen MR) is 81.5 cm³/mol. The lowest BCUT2D eigenvalue weighted by molar-refractivity contribution is 0.313. The van der Waals surface area contributed by atoms with E-state index in [9.17, 15) is 8.42 Å². The number of benzene rings is 1. The van der Waals surface area contributed by atoms with Gasteiger partial charge < -0.3 is 10.9 Å². The number of hydrogen-bond acceptors (Lipinski definition) is 4. The van der Waals surface area contributed by atoms with Crippen molar-refractivity contribution >= 4 is 43.4 Å². The molecule has 0 fully saturated rings. The van der Waals surface area contributed by atoms with E-state index < -0.39 is 16.1 Å². The van der Waals surface area contributed by atoms with Gasteiger partial charge in [-0.3, -0.25) is 0 Å². The van der Waals surface area contributed by atoms with Gasteiger partial charge in [0, 0.05) is 4.47 Å². The van der Waals surface area contributed by atoms with Crippen molar-refractivity contribution < 1.29 is 13.6 Å². The van der Waals surface area contributed by atoms with Crippen LogP contribution in [0.4, 0.5) is 0 Å². The number of hydrogen-bond donors (Lipinski definition) is 3. The molecule has 0 aromatic heterocycles. The Kier molecular flexibility index (Phi) is 5.81. The zero-order chi connectivity index (χ0) is 15.5. The van der Waals surface area contributed by atoms with Crippen LogP contribution in [-0.4, -0.2) is 25.5 Å². The summed E-state index contributed by atoms with van der Waals surface area (Å²) in [5.74, 6) is -0.410. The summed E-state index contributed by atoms with van der Waals surface area (Å²) in [5.41, 5.74) is 5.50. The number of nitrogens with zero attached hydrogens (tertiary/aromatic N) is 1. The monoisotopic (exact) mass is 383 g/mol. The molecule has 1 atom stereocenters. The fourth-order valence-corrected chi connectivity index (χ4v) is 3.92. The number of nitrogens with one attached hydrogen (secondary N) is 1. The highest BCUT2D eigenvalue weighted by atomic mass is 79.9. The minimum Gasteiger partial charge on any atom is -0.409 e. The largest absolute Gasteiger partial charge is 0.409 e. The van der Waals surface area contributed by atoms with Crippen molar-refractivity contribution in [3.05, 3.63) is 27.7 Å². The van der Waals surface area contributed by atoms with Crippen LogP contribution in [0.1, 0.15) is 13.8 Å². The number of sulfonamides is 1. The molecule has 112 valence electrons. The zero-order valence-electron chi connectivity index (χ0n) is 10.8. The van der Waals surface area contributed by atoms with Crippen LogP contribution in [-0.2, 0) is 10.0 Å². The maximum atomic E-state index is 12.3. The summed E-state index contributed by atoms with van der Waals surface area (Å²) in [7, 11) is -3.88. The Morgan fingerprint density at radius 2 is 2.10 bits per heavy atom. The quantitative estimate of drug-likeness (QED) is 0.313. The van der Waals surface area contributed by atoms with Crippen molar-refractivity contribution in [2.24, 2.45) is 16.8 Å². The number of rotatable bonds is 5. The molecule has 0 bridgehead atoms. The summed E-state index contributed by atoms with van der Waals surface area (Å²) in [6.45, 7) is 3.49. The molecule has 0 saturated carbocycles. The maximum Gasteiger partial charge on any atom is 0.242 e. The third kappa shape index (κ3) is 4.08. The smallest absolute Gasteiger partial charge is 0.242 e. The summed E-state index contributed by atoms with van der Waals surface area (Å²) in [4.78, 5) is -0.0706. The zero-order valence-corrected chi connectivity index (χ0v) is 14.0. The SMILES string of the molecule is CC(C)C(NS(=O)(=O)c1ccc(Br)cc1Cl)C(N)=NO. The van der Waals surface area contributed by atoms with Crippen LogP contribution < -0.4 is 10.5 Å². The van der Waals surface area contributed by atoms with Crippen LogP contribution in [0.3, 0.4) is 0 Å². The van der Waals surface area contributed by atoms with Crippen molar-refractivity contribution in [3.8, 4) is 0 Å². The van der Waals surface area contributed by atoms with Crippen LogP contribution in [0.5, 0.6) is 0 Å². The molecule has 1 aromatic rings. The van der Waals surface area contributed by atoms with Gasteiger partial charge in [0.05, 0.1) is 11.1 Å². The van der Waals surface area contributed by atoms with E-state index in [-0.39, 0.29) is 21.7 Å². The fourth-order valence-electron chi connectivity index (χ4n) is 1.52. The third-order valence-corrected chi connectivity index (χ3v) is 4.98. The summed E-state index contributed by atoms with van der Waals surface area (Å²) in [6.07, 6.45) is 0. The standard InChI is InChI=1S/C11H15BrClN3O3S/c1-6(2)10(11(14)15-17)16-20(18,19)9-4-3-7(12)5-8(9)13/h3-6,10,16-17H,1-2H3,(H2,14,15). The number of nitrogens with two attached hydrogens (primary N) is 1. The van der Waals surface area contributed by atoms with Gasteiger partial charge in [-0.25, -0.2) is 13.1 Å². The molecule has 0 saturated heterocycles. The Morgan fingerprint density at radius 1 is 1.50 bits per heavy atom. The van der Waals surface area contributed by atoms with E-state index >= 15 is 0 Å². The molecule has 0 radical (unpaired) electrons. The van der Waals surface area contributed by atoms with Crippen molar-refractivity contribution in [3.63, 3.8) is 0 Å². The van der Waals surface area contributed by atoms with Crippen molar-refractivity contribution in [2.75, 3.05) is 0 Å². The lowest BCUT2D eigenvalue weighted by Crippen LogP contribution is -2.47. The Labute approximate surface area is 131 Å². The van der Waals surface area contributed by atoms with E-state index in [2.05, 4.69) is 25.8 Å². The lowest BCUT2D eigenvalue weighted by atomic mass is 10.1. The van der Waals surface area contributed by atoms with Gasteiger partial charge in [0.25, 0.3) is 0 Å². The molecule has 4 N–H and O–H groups in total. The molecular formula is C11H15BrClN3O3S. The average molecular weight is 385 g/mol. The van der Waals surface area contributed by atoms with Crippen molar-refractivity contribution in [1.82, 2.24) is 4.72 Å². The van der Waals surface area contributed by atoms with Gasteiger partial charge in [-0.2, -0.15) is 0 Å². The molecule has 1 rings (SSSR count). The van der Waals surface area contributed by atoms with Crippen LogP contribution in [0.15, 0.2) is 32.7 Å². The Balaban J connectivity index is 3.16. The second kappa shape index (κ2) is 6.75. The minimum absolute atomic E-state index is 0.0706.